The van der Waals surface area contributed by atoms with Crippen molar-refractivity contribution in [3.63, 3.8) is 0 Å². The van der Waals surface area contributed by atoms with E-state index in [2.05, 4.69) is 20.6 Å². The Hall–Kier alpha value is -2.82. The van der Waals surface area contributed by atoms with Crippen LogP contribution in [-0.4, -0.2) is 27.5 Å². The first-order valence-electron chi connectivity index (χ1n) is 7.92. The van der Waals surface area contributed by atoms with Crippen LogP contribution in [0.1, 0.15) is 31.7 Å². The van der Waals surface area contributed by atoms with Crippen LogP contribution in [0, 0.1) is 18.3 Å². The van der Waals surface area contributed by atoms with Crippen molar-refractivity contribution in [3.05, 3.63) is 35.7 Å². The van der Waals surface area contributed by atoms with Crippen molar-refractivity contribution in [3.8, 4) is 23.7 Å². The fourth-order valence-corrected chi connectivity index (χ4v) is 2.26. The third-order valence-electron chi connectivity index (χ3n) is 3.47. The summed E-state index contributed by atoms with van der Waals surface area (Å²) in [5.74, 6) is 1.09. The molecule has 2 aromatic rings. The number of amides is 1. The summed E-state index contributed by atoms with van der Waals surface area (Å²) in [6.07, 6.45) is 1.04. The highest BCUT2D eigenvalue weighted by Crippen LogP contribution is 2.29. The summed E-state index contributed by atoms with van der Waals surface area (Å²) >= 11 is 0. The topological polar surface area (TPSA) is 59.2 Å². The van der Waals surface area contributed by atoms with Gasteiger partial charge in [0.05, 0.1) is 6.54 Å². The van der Waals surface area contributed by atoms with Gasteiger partial charge in [0.1, 0.15) is 0 Å². The van der Waals surface area contributed by atoms with Crippen LogP contribution >= 0.6 is 0 Å². The van der Waals surface area contributed by atoms with Gasteiger partial charge in [-0.1, -0.05) is 49.2 Å². The summed E-state index contributed by atoms with van der Waals surface area (Å²) in [6, 6.07) is 6.51. The number of rotatable bonds is 6. The minimum Gasteiger partial charge on any atom is -0.329 e. The second-order valence-corrected chi connectivity index (χ2v) is 6.17. The van der Waals surface area contributed by atoms with Gasteiger partial charge >= 0.3 is 12.1 Å². The number of hydrogen-bond acceptors (Lipinski definition) is 4. The molecule has 0 radical (unpaired) electrons. The Morgan fingerprint density at radius 3 is 2.46 bits per heavy atom. The van der Waals surface area contributed by atoms with Crippen molar-refractivity contribution >= 4 is 5.91 Å². The maximum absolute atomic E-state index is 12.5. The van der Waals surface area contributed by atoms with Gasteiger partial charge in [-0.3, -0.25) is 4.79 Å². The highest BCUT2D eigenvalue weighted by atomic mass is 19.4. The molecule has 1 heterocycles. The second-order valence-electron chi connectivity index (χ2n) is 6.17. The van der Waals surface area contributed by atoms with Crippen LogP contribution in [-0.2, 0) is 17.5 Å². The number of alkyl halides is 3. The average molecular weight is 365 g/mol. The van der Waals surface area contributed by atoms with Crippen molar-refractivity contribution in [1.82, 2.24) is 15.0 Å². The van der Waals surface area contributed by atoms with Gasteiger partial charge < -0.3 is 9.42 Å². The van der Waals surface area contributed by atoms with E-state index in [0.717, 1.165) is 5.56 Å². The van der Waals surface area contributed by atoms with Gasteiger partial charge in [-0.15, -0.1) is 6.42 Å². The highest BCUT2D eigenvalue weighted by Gasteiger charge is 2.38. The Morgan fingerprint density at radius 2 is 1.96 bits per heavy atom. The maximum atomic E-state index is 12.5. The molecule has 0 atom stereocenters. The van der Waals surface area contributed by atoms with Crippen LogP contribution in [0.25, 0.3) is 11.4 Å². The molecular formula is C18H18F3N3O2. The molecule has 26 heavy (non-hydrogen) atoms. The molecule has 0 aliphatic rings. The molecule has 0 aliphatic heterocycles. The zero-order valence-electron chi connectivity index (χ0n) is 14.4. The van der Waals surface area contributed by atoms with Gasteiger partial charge in [0.15, 0.2) is 0 Å². The largest absolute Gasteiger partial charge is 0.471 e. The molecule has 2 rings (SSSR count). The lowest BCUT2D eigenvalue weighted by Crippen LogP contribution is -2.31. The molecule has 0 aliphatic carbocycles. The Labute approximate surface area is 149 Å². The third kappa shape index (κ3) is 5.09. The molecule has 0 saturated heterocycles. The Kier molecular flexibility index (Phi) is 6.03. The van der Waals surface area contributed by atoms with E-state index in [0.29, 0.717) is 18.5 Å². The molecule has 0 unspecified atom stereocenters. The number of benzene rings is 1. The average Bonchev–Trinajstić information content (AvgIpc) is 3.04. The highest BCUT2D eigenvalue weighted by molar-refractivity contribution is 5.76. The number of aromatic nitrogens is 2. The summed E-state index contributed by atoms with van der Waals surface area (Å²) in [5, 5.41) is 3.34. The van der Waals surface area contributed by atoms with Gasteiger partial charge in [-0.25, -0.2) is 0 Å². The van der Waals surface area contributed by atoms with E-state index in [4.69, 9.17) is 6.42 Å². The molecule has 0 fully saturated rings. The SMILES string of the molecule is C#CCN(Cc1ccc(-c2noc(C(F)(F)F)n2)cc1)C(=O)CC(C)C. The van der Waals surface area contributed by atoms with Crippen molar-refractivity contribution in [1.29, 1.82) is 0 Å². The van der Waals surface area contributed by atoms with E-state index in [1.807, 2.05) is 13.8 Å². The predicted molar refractivity (Wildman–Crippen MR) is 88.4 cm³/mol. The molecule has 1 amide bonds. The number of hydrogen-bond donors (Lipinski definition) is 0. The van der Waals surface area contributed by atoms with Crippen molar-refractivity contribution < 1.29 is 22.5 Å². The molecule has 0 N–H and O–H groups in total. The van der Waals surface area contributed by atoms with Gasteiger partial charge in [-0.2, -0.15) is 18.2 Å². The predicted octanol–water partition coefficient (Wildman–Crippen LogP) is 3.76. The normalized spacial score (nSPS) is 11.4. The molecule has 0 saturated carbocycles. The standard InChI is InChI=1S/C18H18F3N3O2/c1-4-9-24(15(25)10-12(2)3)11-13-5-7-14(8-6-13)16-22-17(26-23-16)18(19,20)21/h1,5-8,12H,9-11H2,2-3H3. The molecule has 8 heteroatoms. The molecule has 5 nitrogen and oxygen atoms in total. The van der Waals surface area contributed by atoms with Gasteiger partial charge in [0.2, 0.25) is 11.7 Å². The fraction of sp³-hybridized carbons (Fsp3) is 0.389. The van der Waals surface area contributed by atoms with Crippen LogP contribution < -0.4 is 0 Å². The lowest BCUT2D eigenvalue weighted by molar-refractivity contribution is -0.159. The van der Waals surface area contributed by atoms with Crippen LogP contribution in [0.2, 0.25) is 0 Å². The Morgan fingerprint density at radius 1 is 1.31 bits per heavy atom. The fourth-order valence-electron chi connectivity index (χ4n) is 2.26. The molecule has 0 bridgehead atoms. The Bertz CT molecular complexity index is 789. The molecular weight excluding hydrogens is 347 g/mol. The van der Waals surface area contributed by atoms with E-state index < -0.39 is 12.1 Å². The van der Waals surface area contributed by atoms with Crippen molar-refractivity contribution in [2.75, 3.05) is 6.54 Å². The summed E-state index contributed by atoms with van der Waals surface area (Å²) in [5.41, 5.74) is 1.17. The number of carbonyl (C=O) groups excluding carboxylic acids is 1. The number of nitrogens with zero attached hydrogens (tertiary/aromatic N) is 3. The van der Waals surface area contributed by atoms with Crippen LogP contribution in [0.4, 0.5) is 13.2 Å². The minimum atomic E-state index is -4.68. The lowest BCUT2D eigenvalue weighted by atomic mass is 10.1. The van der Waals surface area contributed by atoms with E-state index >= 15 is 0 Å². The smallest absolute Gasteiger partial charge is 0.329 e. The molecule has 1 aromatic carbocycles. The third-order valence-corrected chi connectivity index (χ3v) is 3.47. The Balaban J connectivity index is 2.12. The lowest BCUT2D eigenvalue weighted by Gasteiger charge is -2.21. The van der Waals surface area contributed by atoms with E-state index in [1.54, 1.807) is 29.2 Å². The van der Waals surface area contributed by atoms with Crippen LogP contribution in [0.15, 0.2) is 28.8 Å². The molecule has 138 valence electrons. The first-order valence-corrected chi connectivity index (χ1v) is 7.92. The molecule has 1 aromatic heterocycles. The first-order chi connectivity index (χ1) is 12.2. The summed E-state index contributed by atoms with van der Waals surface area (Å²) in [7, 11) is 0. The minimum absolute atomic E-state index is 0.0463. The summed E-state index contributed by atoms with van der Waals surface area (Å²) in [4.78, 5) is 17.1. The van der Waals surface area contributed by atoms with E-state index in [9.17, 15) is 18.0 Å². The van der Waals surface area contributed by atoms with Crippen molar-refractivity contribution in [2.45, 2.75) is 33.0 Å². The summed E-state index contributed by atoms with van der Waals surface area (Å²) < 4.78 is 41.8. The van der Waals surface area contributed by atoms with E-state index in [-0.39, 0.29) is 24.2 Å². The maximum Gasteiger partial charge on any atom is 0.471 e. The quantitative estimate of drug-likeness (QED) is 0.732. The summed E-state index contributed by atoms with van der Waals surface area (Å²) in [6.45, 7) is 4.39. The number of carbonyl (C=O) groups is 1. The van der Waals surface area contributed by atoms with Gasteiger partial charge in [0.25, 0.3) is 0 Å². The number of terminal acetylenes is 1. The molecule has 0 spiro atoms. The second kappa shape index (κ2) is 8.04. The zero-order chi connectivity index (χ0) is 19.3. The van der Waals surface area contributed by atoms with Gasteiger partial charge in [-0.05, 0) is 11.5 Å². The van der Waals surface area contributed by atoms with Crippen LogP contribution in [0.3, 0.4) is 0 Å². The van der Waals surface area contributed by atoms with Crippen LogP contribution in [0.5, 0.6) is 0 Å². The van der Waals surface area contributed by atoms with Gasteiger partial charge in [0, 0.05) is 18.5 Å². The monoisotopic (exact) mass is 365 g/mol. The van der Waals surface area contributed by atoms with E-state index in [1.165, 1.54) is 0 Å². The zero-order valence-corrected chi connectivity index (χ0v) is 14.4. The van der Waals surface area contributed by atoms with Crippen molar-refractivity contribution in [2.24, 2.45) is 5.92 Å². The number of halogens is 3. The first kappa shape index (κ1) is 19.5.